The summed E-state index contributed by atoms with van der Waals surface area (Å²) in [4.78, 5) is 30.9. The smallest absolute Gasteiger partial charge is 0.262 e. The Morgan fingerprint density at radius 2 is 1.93 bits per heavy atom. The number of nitrogens with zero attached hydrogens (tertiary/aromatic N) is 2. The van der Waals surface area contributed by atoms with E-state index in [1.165, 1.54) is 22.2 Å². The SMILES string of the molecule is Cc1cccc(C)c1OCCNC(=O)CCn1cnc2sc(C)c(C)c2c1=O. The summed E-state index contributed by atoms with van der Waals surface area (Å²) >= 11 is 1.52. The number of hydrogen-bond acceptors (Lipinski definition) is 5. The van der Waals surface area contributed by atoms with Gasteiger partial charge in [0.15, 0.2) is 0 Å². The van der Waals surface area contributed by atoms with Crippen molar-refractivity contribution in [3.05, 3.63) is 56.4 Å². The Hall–Kier alpha value is -2.67. The lowest BCUT2D eigenvalue weighted by molar-refractivity contribution is -0.121. The lowest BCUT2D eigenvalue weighted by Crippen LogP contribution is -2.30. The summed E-state index contributed by atoms with van der Waals surface area (Å²) in [6, 6.07) is 5.99. The molecule has 28 heavy (non-hydrogen) atoms. The van der Waals surface area contributed by atoms with Gasteiger partial charge >= 0.3 is 0 Å². The molecule has 0 spiro atoms. The van der Waals surface area contributed by atoms with Gasteiger partial charge in [-0.25, -0.2) is 4.98 Å². The number of ether oxygens (including phenoxy) is 1. The highest BCUT2D eigenvalue weighted by Crippen LogP contribution is 2.25. The van der Waals surface area contributed by atoms with E-state index in [-0.39, 0.29) is 17.9 Å². The predicted octanol–water partition coefficient (Wildman–Crippen LogP) is 3.28. The number of aromatic nitrogens is 2. The van der Waals surface area contributed by atoms with Crippen LogP contribution in [0.1, 0.15) is 28.0 Å². The van der Waals surface area contributed by atoms with Crippen LogP contribution in [0.3, 0.4) is 0 Å². The lowest BCUT2D eigenvalue weighted by Gasteiger charge is -2.12. The number of para-hydroxylation sites is 1. The number of benzene rings is 1. The minimum atomic E-state index is -0.115. The van der Waals surface area contributed by atoms with Crippen molar-refractivity contribution >= 4 is 27.5 Å². The molecule has 2 aromatic heterocycles. The topological polar surface area (TPSA) is 73.2 Å². The van der Waals surface area contributed by atoms with Gasteiger partial charge in [0.2, 0.25) is 5.91 Å². The molecule has 1 amide bonds. The molecular formula is C21H25N3O3S. The Balaban J connectivity index is 1.51. The third-order valence-electron chi connectivity index (χ3n) is 4.81. The number of fused-ring (bicyclic) bond motifs is 1. The first kappa shape index (κ1) is 20.1. The fraction of sp³-hybridized carbons (Fsp3) is 0.381. The van der Waals surface area contributed by atoms with Crippen LogP contribution in [0.4, 0.5) is 0 Å². The van der Waals surface area contributed by atoms with Gasteiger partial charge in [0.1, 0.15) is 17.2 Å². The first-order valence-electron chi connectivity index (χ1n) is 9.29. The quantitative estimate of drug-likeness (QED) is 0.619. The number of aryl methyl sites for hydroxylation is 5. The number of hydrogen-bond donors (Lipinski definition) is 1. The molecule has 0 aliphatic heterocycles. The zero-order valence-electron chi connectivity index (χ0n) is 16.7. The minimum Gasteiger partial charge on any atom is -0.491 e. The van der Waals surface area contributed by atoms with Gasteiger partial charge in [0.05, 0.1) is 18.3 Å². The molecule has 0 radical (unpaired) electrons. The summed E-state index contributed by atoms with van der Waals surface area (Å²) in [5.41, 5.74) is 3.04. The Bertz CT molecular complexity index is 1050. The van der Waals surface area contributed by atoms with Crippen molar-refractivity contribution in [2.24, 2.45) is 0 Å². The van der Waals surface area contributed by atoms with Gasteiger partial charge in [-0.1, -0.05) is 18.2 Å². The fourth-order valence-corrected chi connectivity index (χ4v) is 4.10. The monoisotopic (exact) mass is 399 g/mol. The Morgan fingerprint density at radius 3 is 2.64 bits per heavy atom. The molecule has 0 unspecified atom stereocenters. The molecule has 3 rings (SSSR count). The number of thiophene rings is 1. The highest BCUT2D eigenvalue weighted by Gasteiger charge is 2.12. The normalized spacial score (nSPS) is 11.0. The van der Waals surface area contributed by atoms with Crippen molar-refractivity contribution in [3.63, 3.8) is 0 Å². The molecule has 0 atom stereocenters. The Kier molecular flexibility index (Phi) is 6.14. The van der Waals surface area contributed by atoms with Crippen LogP contribution in [0.2, 0.25) is 0 Å². The highest BCUT2D eigenvalue weighted by molar-refractivity contribution is 7.18. The van der Waals surface area contributed by atoms with Gasteiger partial charge in [0, 0.05) is 17.8 Å². The van der Waals surface area contributed by atoms with Crippen molar-refractivity contribution in [2.75, 3.05) is 13.2 Å². The maximum absolute atomic E-state index is 12.6. The van der Waals surface area contributed by atoms with Gasteiger partial charge < -0.3 is 10.1 Å². The molecule has 3 aromatic rings. The molecule has 0 fully saturated rings. The largest absolute Gasteiger partial charge is 0.491 e. The van der Waals surface area contributed by atoms with E-state index in [2.05, 4.69) is 10.3 Å². The second-order valence-corrected chi connectivity index (χ2v) is 8.08. The van der Waals surface area contributed by atoms with Crippen LogP contribution in [0, 0.1) is 27.7 Å². The summed E-state index contributed by atoms with van der Waals surface area (Å²) in [5, 5.41) is 3.50. The van der Waals surface area contributed by atoms with Crippen LogP contribution in [-0.4, -0.2) is 28.6 Å². The number of carbonyl (C=O) groups is 1. The van der Waals surface area contributed by atoms with Gasteiger partial charge in [-0.05, 0) is 44.4 Å². The van der Waals surface area contributed by atoms with Crippen LogP contribution in [0.25, 0.3) is 10.2 Å². The van der Waals surface area contributed by atoms with Crippen molar-refractivity contribution < 1.29 is 9.53 Å². The first-order valence-corrected chi connectivity index (χ1v) is 10.1. The third kappa shape index (κ3) is 4.25. The van der Waals surface area contributed by atoms with Crippen molar-refractivity contribution in [3.8, 4) is 5.75 Å². The summed E-state index contributed by atoms with van der Waals surface area (Å²) in [6.07, 6.45) is 1.75. The number of nitrogens with one attached hydrogen (secondary N) is 1. The molecule has 148 valence electrons. The third-order valence-corrected chi connectivity index (χ3v) is 5.93. The average molecular weight is 400 g/mol. The molecule has 0 saturated carbocycles. The Morgan fingerprint density at radius 1 is 1.21 bits per heavy atom. The van der Waals surface area contributed by atoms with Gasteiger partial charge in [0.25, 0.3) is 5.56 Å². The summed E-state index contributed by atoms with van der Waals surface area (Å²) in [7, 11) is 0. The van der Waals surface area contributed by atoms with Crippen LogP contribution in [0.5, 0.6) is 5.75 Å². The van der Waals surface area contributed by atoms with Crippen molar-refractivity contribution in [2.45, 2.75) is 40.7 Å². The zero-order chi connectivity index (χ0) is 20.3. The standard InChI is InChI=1S/C21H25N3O3S/c1-13-6-5-7-14(2)19(13)27-11-9-22-17(25)8-10-24-12-23-20-18(21(24)26)15(3)16(4)28-20/h5-7,12H,8-11H2,1-4H3,(H,22,25). The zero-order valence-corrected chi connectivity index (χ0v) is 17.5. The van der Waals surface area contributed by atoms with Crippen LogP contribution in [-0.2, 0) is 11.3 Å². The first-order chi connectivity index (χ1) is 13.4. The minimum absolute atomic E-state index is 0.0852. The van der Waals surface area contributed by atoms with Crippen LogP contribution < -0.4 is 15.6 Å². The van der Waals surface area contributed by atoms with Gasteiger partial charge in [-0.15, -0.1) is 11.3 Å². The van der Waals surface area contributed by atoms with E-state index in [9.17, 15) is 9.59 Å². The van der Waals surface area contributed by atoms with Gasteiger partial charge in [-0.3, -0.25) is 14.2 Å². The van der Waals surface area contributed by atoms with E-state index in [4.69, 9.17) is 4.74 Å². The molecular weight excluding hydrogens is 374 g/mol. The van der Waals surface area contributed by atoms with Crippen LogP contribution in [0.15, 0.2) is 29.3 Å². The predicted molar refractivity (Wildman–Crippen MR) is 112 cm³/mol. The molecule has 0 saturated heterocycles. The second-order valence-electron chi connectivity index (χ2n) is 6.88. The molecule has 0 bridgehead atoms. The van der Waals surface area contributed by atoms with Crippen LogP contribution >= 0.6 is 11.3 Å². The van der Waals surface area contributed by atoms with E-state index in [0.29, 0.717) is 25.1 Å². The second kappa shape index (κ2) is 8.56. The molecule has 7 heteroatoms. The maximum atomic E-state index is 12.6. The van der Waals surface area contributed by atoms with E-state index in [1.807, 2.05) is 45.9 Å². The van der Waals surface area contributed by atoms with E-state index in [0.717, 1.165) is 32.1 Å². The number of carbonyl (C=O) groups excluding carboxylic acids is 1. The summed E-state index contributed by atoms with van der Waals surface area (Å²) < 4.78 is 7.29. The number of amides is 1. The van der Waals surface area contributed by atoms with E-state index < -0.39 is 0 Å². The molecule has 2 heterocycles. The maximum Gasteiger partial charge on any atom is 0.262 e. The van der Waals surface area contributed by atoms with Crippen molar-refractivity contribution in [1.29, 1.82) is 0 Å². The molecule has 1 N–H and O–H groups in total. The average Bonchev–Trinajstić information content (AvgIpc) is 2.95. The van der Waals surface area contributed by atoms with Gasteiger partial charge in [-0.2, -0.15) is 0 Å². The molecule has 0 aliphatic carbocycles. The highest BCUT2D eigenvalue weighted by atomic mass is 32.1. The van der Waals surface area contributed by atoms with Crippen molar-refractivity contribution in [1.82, 2.24) is 14.9 Å². The summed E-state index contributed by atoms with van der Waals surface area (Å²) in [6.45, 7) is 9.05. The van der Waals surface area contributed by atoms with E-state index in [1.54, 1.807) is 0 Å². The lowest BCUT2D eigenvalue weighted by atomic mass is 10.1. The van der Waals surface area contributed by atoms with E-state index >= 15 is 0 Å². The molecule has 6 nitrogen and oxygen atoms in total. The summed E-state index contributed by atoms with van der Waals surface area (Å²) in [5.74, 6) is 0.749. The number of rotatable bonds is 7. The fourth-order valence-electron chi connectivity index (χ4n) is 3.11. The molecule has 1 aromatic carbocycles. The Labute approximate surface area is 168 Å². The molecule has 0 aliphatic rings.